The smallest absolute Gasteiger partial charge is 0.0793 e. The second-order valence-electron chi connectivity index (χ2n) is 2.13. The zero-order valence-corrected chi connectivity index (χ0v) is 9.26. The van der Waals surface area contributed by atoms with Crippen LogP contribution in [0.2, 0.25) is 6.32 Å². The van der Waals surface area contributed by atoms with Gasteiger partial charge in [0.1, 0.15) is 0 Å². The van der Waals surface area contributed by atoms with Crippen molar-refractivity contribution in [3.63, 3.8) is 0 Å². The highest BCUT2D eigenvalue weighted by molar-refractivity contribution is 14.2. The summed E-state index contributed by atoms with van der Waals surface area (Å²) in [7, 11) is 5.34. The van der Waals surface area contributed by atoms with Crippen LogP contribution >= 0.6 is 28.5 Å². The van der Waals surface area contributed by atoms with Crippen LogP contribution in [0.5, 0.6) is 0 Å². The Morgan fingerprint density at radius 1 is 1.20 bits per heavy atom. The highest BCUT2D eigenvalue weighted by Crippen LogP contribution is 2.21. The summed E-state index contributed by atoms with van der Waals surface area (Å²) in [6.07, 6.45) is 5.69. The number of hydrogen-bond acceptors (Lipinski definition) is 1. The van der Waals surface area contributed by atoms with Gasteiger partial charge in [0.15, 0.2) is 0 Å². The normalized spacial score (nSPS) is 11.3. The van der Waals surface area contributed by atoms with Crippen molar-refractivity contribution >= 4 is 36.3 Å². The van der Waals surface area contributed by atoms with Crippen LogP contribution in [0.25, 0.3) is 0 Å². The van der Waals surface area contributed by atoms with E-state index in [9.17, 15) is 0 Å². The van der Waals surface area contributed by atoms with E-state index in [1.165, 1.54) is 19.3 Å². The molecule has 0 aromatic heterocycles. The Hall–Kier alpha value is 1.18. The van der Waals surface area contributed by atoms with Gasteiger partial charge in [-0.3, -0.25) is 0 Å². The minimum atomic E-state index is 0.615. The fourth-order valence-corrected chi connectivity index (χ4v) is 1.59. The molecule has 0 rings (SSSR count). The predicted octanol–water partition coefficient (Wildman–Crippen LogP) is 3.09. The Morgan fingerprint density at radius 2 is 1.90 bits per heavy atom. The first-order valence-electron chi connectivity index (χ1n) is 3.59. The number of halogens is 1. The third kappa shape index (κ3) is 9.18. The van der Waals surface area contributed by atoms with Gasteiger partial charge in [-0.2, -0.15) is 0 Å². The summed E-state index contributed by atoms with van der Waals surface area (Å²) in [4.78, 5) is 0. The molecule has 1 unspecified atom stereocenters. The highest BCUT2D eigenvalue weighted by atomic mass is 127. The molecule has 1 atom stereocenters. The van der Waals surface area contributed by atoms with E-state index in [1.807, 2.05) is 0 Å². The van der Waals surface area contributed by atoms with E-state index in [0.29, 0.717) is 6.45 Å². The molecule has 0 heterocycles. The molecule has 0 saturated heterocycles. The van der Waals surface area contributed by atoms with Gasteiger partial charge in [0, 0.05) is 0 Å². The van der Waals surface area contributed by atoms with Gasteiger partial charge in [0.2, 0.25) is 0 Å². The van der Waals surface area contributed by atoms with Gasteiger partial charge in [-0.1, -0.05) is 25.6 Å². The molecule has 0 bridgehead atoms. The molecule has 58 valence electrons. The largest absolute Gasteiger partial charge is 0.352 e. The van der Waals surface area contributed by atoms with Gasteiger partial charge >= 0.3 is 0 Å². The molecular formula is C6H13BIOP. The van der Waals surface area contributed by atoms with E-state index < -0.39 is 0 Å². The van der Waals surface area contributed by atoms with Gasteiger partial charge in [-0.25, -0.2) is 0 Å². The van der Waals surface area contributed by atoms with Crippen LogP contribution in [0, 0.1) is 0 Å². The second kappa shape index (κ2) is 10.2. The minimum absolute atomic E-state index is 0.615. The van der Waals surface area contributed by atoms with Crippen molar-refractivity contribution in [1.82, 2.24) is 0 Å². The van der Waals surface area contributed by atoms with Crippen LogP contribution in [-0.2, 0) is 4.52 Å². The number of hydrogen-bond donors (Lipinski definition) is 0. The quantitative estimate of drug-likeness (QED) is 0.299. The molecular weight excluding hydrogens is 257 g/mol. The standard InChI is InChI=1S/C6H13BIOP/c7-5-3-1-2-4-6-9-10-8/h10H,1-6H2. The van der Waals surface area contributed by atoms with E-state index >= 15 is 0 Å². The molecule has 0 aromatic rings. The van der Waals surface area contributed by atoms with Gasteiger partial charge in [0.05, 0.1) is 20.9 Å². The highest BCUT2D eigenvalue weighted by Gasteiger charge is 1.87. The lowest BCUT2D eigenvalue weighted by Crippen LogP contribution is -1.84. The van der Waals surface area contributed by atoms with Crippen molar-refractivity contribution in [2.75, 3.05) is 6.61 Å². The molecule has 10 heavy (non-hydrogen) atoms. The Morgan fingerprint density at radius 3 is 2.50 bits per heavy atom. The van der Waals surface area contributed by atoms with Crippen LogP contribution in [0.3, 0.4) is 0 Å². The molecule has 0 aromatic carbocycles. The summed E-state index contributed by atoms with van der Waals surface area (Å²) in [6, 6.07) is 0. The summed E-state index contributed by atoms with van der Waals surface area (Å²) in [5.74, 6) is 0. The molecule has 0 aliphatic heterocycles. The van der Waals surface area contributed by atoms with Crippen molar-refractivity contribution in [3.05, 3.63) is 0 Å². The van der Waals surface area contributed by atoms with Gasteiger partial charge in [-0.15, -0.1) is 0 Å². The Kier molecular flexibility index (Phi) is 11.4. The summed E-state index contributed by atoms with van der Waals surface area (Å²) >= 11 is 2.24. The van der Waals surface area contributed by atoms with Crippen molar-refractivity contribution < 1.29 is 4.52 Å². The zero-order valence-electron chi connectivity index (χ0n) is 6.11. The third-order valence-electron chi connectivity index (χ3n) is 1.26. The van der Waals surface area contributed by atoms with Gasteiger partial charge in [0.25, 0.3) is 0 Å². The van der Waals surface area contributed by atoms with E-state index in [-0.39, 0.29) is 0 Å². The minimum Gasteiger partial charge on any atom is -0.352 e. The lowest BCUT2D eigenvalue weighted by molar-refractivity contribution is 0.353. The van der Waals surface area contributed by atoms with E-state index in [2.05, 4.69) is 22.0 Å². The molecule has 0 aliphatic carbocycles. The molecule has 1 nitrogen and oxygen atoms in total. The molecule has 0 aliphatic rings. The van der Waals surface area contributed by atoms with Crippen LogP contribution < -0.4 is 0 Å². The van der Waals surface area contributed by atoms with Crippen molar-refractivity contribution in [3.8, 4) is 0 Å². The maximum absolute atomic E-state index is 5.34. The lowest BCUT2D eigenvalue weighted by atomic mass is 9.99. The molecule has 0 amide bonds. The van der Waals surface area contributed by atoms with Crippen molar-refractivity contribution in [2.24, 2.45) is 0 Å². The fraction of sp³-hybridized carbons (Fsp3) is 1.00. The number of unbranched alkanes of at least 4 members (excludes halogenated alkanes) is 3. The van der Waals surface area contributed by atoms with Crippen LogP contribution in [0.15, 0.2) is 0 Å². The van der Waals surface area contributed by atoms with E-state index in [1.54, 1.807) is 0 Å². The summed E-state index contributed by atoms with van der Waals surface area (Å²) in [5.41, 5.74) is 0. The third-order valence-corrected chi connectivity index (χ3v) is 2.50. The number of rotatable bonds is 7. The average molecular weight is 270 g/mol. The van der Waals surface area contributed by atoms with Gasteiger partial charge in [-0.05, 0) is 28.5 Å². The summed E-state index contributed by atoms with van der Waals surface area (Å²) in [5, 5.41) is 0. The Bertz CT molecular complexity index is 57.7. The van der Waals surface area contributed by atoms with Gasteiger partial charge < -0.3 is 4.52 Å². The Labute approximate surface area is 79.4 Å². The maximum Gasteiger partial charge on any atom is 0.0793 e. The predicted molar refractivity (Wildman–Crippen MR) is 57.3 cm³/mol. The summed E-state index contributed by atoms with van der Waals surface area (Å²) in [6.45, 7) is 1.54. The molecule has 0 N–H and O–H groups in total. The van der Waals surface area contributed by atoms with Crippen molar-refractivity contribution in [1.29, 1.82) is 0 Å². The average Bonchev–Trinajstić information content (AvgIpc) is 1.97. The molecule has 4 heteroatoms. The summed E-state index contributed by atoms with van der Waals surface area (Å²) < 4.78 is 5.20. The first-order chi connectivity index (χ1) is 4.91. The first kappa shape index (κ1) is 11.2. The maximum atomic E-state index is 5.34. The SMILES string of the molecule is [B]CCCCCCOPI. The van der Waals surface area contributed by atoms with Crippen LogP contribution in [0.4, 0.5) is 0 Å². The van der Waals surface area contributed by atoms with E-state index in [0.717, 1.165) is 19.3 Å². The lowest BCUT2D eigenvalue weighted by Gasteiger charge is -1.98. The molecule has 2 radical (unpaired) electrons. The fourth-order valence-electron chi connectivity index (χ4n) is 0.711. The molecule has 0 fully saturated rings. The Balaban J connectivity index is 2.65. The monoisotopic (exact) mass is 270 g/mol. The zero-order chi connectivity index (χ0) is 7.66. The topological polar surface area (TPSA) is 9.23 Å². The van der Waals surface area contributed by atoms with E-state index in [4.69, 9.17) is 12.4 Å². The van der Waals surface area contributed by atoms with Crippen LogP contribution in [0.1, 0.15) is 25.7 Å². The second-order valence-corrected chi connectivity index (χ2v) is 3.89. The van der Waals surface area contributed by atoms with Crippen LogP contribution in [-0.4, -0.2) is 14.5 Å². The first-order valence-corrected chi connectivity index (χ1v) is 7.61. The van der Waals surface area contributed by atoms with Crippen molar-refractivity contribution in [2.45, 2.75) is 32.0 Å². The molecule has 0 spiro atoms. The molecule has 0 saturated carbocycles.